The SMILES string of the molecule is CO/C(Br)=C(/c1ccc(Cl)cc1)C1CC1. The Balaban J connectivity index is 2.37. The molecule has 0 heterocycles. The third-order valence-corrected chi connectivity index (χ3v) is 3.53. The lowest BCUT2D eigenvalue weighted by molar-refractivity contribution is 0.328. The van der Waals surface area contributed by atoms with Crippen LogP contribution in [0.3, 0.4) is 0 Å². The summed E-state index contributed by atoms with van der Waals surface area (Å²) >= 11 is 9.33. The third kappa shape index (κ3) is 2.56. The molecule has 80 valence electrons. The summed E-state index contributed by atoms with van der Waals surface area (Å²) < 4.78 is 6.10. The van der Waals surface area contributed by atoms with Gasteiger partial charge in [0.2, 0.25) is 0 Å². The molecule has 1 nitrogen and oxygen atoms in total. The predicted octanol–water partition coefficient (Wildman–Crippen LogP) is 4.46. The van der Waals surface area contributed by atoms with Gasteiger partial charge in [0.15, 0.2) is 4.67 Å². The van der Waals surface area contributed by atoms with Crippen LogP contribution in [0.15, 0.2) is 28.9 Å². The van der Waals surface area contributed by atoms with Gasteiger partial charge in [-0.1, -0.05) is 23.7 Å². The zero-order valence-corrected chi connectivity index (χ0v) is 10.8. The third-order valence-electron chi connectivity index (χ3n) is 2.53. The lowest BCUT2D eigenvalue weighted by Gasteiger charge is -2.09. The van der Waals surface area contributed by atoms with E-state index in [1.807, 2.05) is 24.3 Å². The first-order chi connectivity index (χ1) is 7.22. The van der Waals surface area contributed by atoms with E-state index in [1.165, 1.54) is 24.0 Å². The van der Waals surface area contributed by atoms with E-state index in [9.17, 15) is 0 Å². The summed E-state index contributed by atoms with van der Waals surface area (Å²) in [5, 5.41) is 0.766. The van der Waals surface area contributed by atoms with Gasteiger partial charge in [0.05, 0.1) is 7.11 Å². The maximum atomic E-state index is 5.87. The number of benzene rings is 1. The highest BCUT2D eigenvalue weighted by Crippen LogP contribution is 2.45. The average molecular weight is 288 g/mol. The Labute approximate surface area is 103 Å². The zero-order chi connectivity index (χ0) is 10.8. The molecule has 1 aromatic rings. The fraction of sp³-hybridized carbons (Fsp3) is 0.333. The minimum atomic E-state index is 0.639. The van der Waals surface area contributed by atoms with Gasteiger partial charge < -0.3 is 4.74 Å². The second-order valence-electron chi connectivity index (χ2n) is 3.67. The van der Waals surface area contributed by atoms with Gasteiger partial charge in [0.1, 0.15) is 0 Å². The molecular weight excluding hydrogens is 275 g/mol. The quantitative estimate of drug-likeness (QED) is 0.746. The van der Waals surface area contributed by atoms with Crippen molar-refractivity contribution in [2.45, 2.75) is 12.8 Å². The van der Waals surface area contributed by atoms with E-state index < -0.39 is 0 Å². The monoisotopic (exact) mass is 286 g/mol. The molecule has 0 amide bonds. The number of allylic oxidation sites excluding steroid dienone is 1. The highest BCUT2D eigenvalue weighted by atomic mass is 79.9. The molecule has 0 N–H and O–H groups in total. The van der Waals surface area contributed by atoms with Crippen molar-refractivity contribution < 1.29 is 4.74 Å². The standard InChI is InChI=1S/C12H12BrClO/c1-15-12(13)11(8-2-3-8)9-4-6-10(14)7-5-9/h4-8H,2-3H2,1H3/b12-11+. The Hall–Kier alpha value is -0.470. The molecule has 0 bridgehead atoms. The number of methoxy groups -OCH3 is 1. The molecule has 3 heteroatoms. The Kier molecular flexibility index (Phi) is 3.37. The predicted molar refractivity (Wildman–Crippen MR) is 67.0 cm³/mol. The molecule has 0 aromatic heterocycles. The van der Waals surface area contributed by atoms with Gasteiger partial charge in [-0.3, -0.25) is 0 Å². The van der Waals surface area contributed by atoms with Gasteiger partial charge in [0, 0.05) is 10.6 Å². The van der Waals surface area contributed by atoms with Crippen LogP contribution in [0.5, 0.6) is 0 Å². The maximum Gasteiger partial charge on any atom is 0.165 e. The van der Waals surface area contributed by atoms with Crippen LogP contribution in [-0.4, -0.2) is 7.11 Å². The van der Waals surface area contributed by atoms with Crippen LogP contribution in [0.4, 0.5) is 0 Å². The number of halogens is 2. The van der Waals surface area contributed by atoms with Crippen molar-refractivity contribution in [3.05, 3.63) is 39.5 Å². The summed E-state index contributed by atoms with van der Waals surface area (Å²) in [7, 11) is 1.68. The van der Waals surface area contributed by atoms with Gasteiger partial charge in [0.25, 0.3) is 0 Å². The summed E-state index contributed by atoms with van der Waals surface area (Å²) in [4.78, 5) is 0. The van der Waals surface area contributed by atoms with E-state index in [0.29, 0.717) is 5.92 Å². The normalized spacial score (nSPS) is 17.3. The van der Waals surface area contributed by atoms with Crippen LogP contribution in [0.1, 0.15) is 18.4 Å². The first kappa shape index (κ1) is 11.0. The summed E-state index contributed by atoms with van der Waals surface area (Å²) in [5.41, 5.74) is 2.45. The smallest absolute Gasteiger partial charge is 0.165 e. The second kappa shape index (κ2) is 4.58. The molecule has 0 spiro atoms. The first-order valence-corrected chi connectivity index (χ1v) is 6.09. The van der Waals surface area contributed by atoms with Crippen LogP contribution in [-0.2, 0) is 4.74 Å². The Morgan fingerprint density at radius 3 is 2.40 bits per heavy atom. The number of hydrogen-bond acceptors (Lipinski definition) is 1. The van der Waals surface area contributed by atoms with Crippen LogP contribution >= 0.6 is 27.5 Å². The molecule has 1 fully saturated rings. The van der Waals surface area contributed by atoms with E-state index in [-0.39, 0.29) is 0 Å². The van der Waals surface area contributed by atoms with E-state index in [4.69, 9.17) is 16.3 Å². The minimum Gasteiger partial charge on any atom is -0.490 e. The van der Waals surface area contributed by atoms with Gasteiger partial charge >= 0.3 is 0 Å². The summed E-state index contributed by atoms with van der Waals surface area (Å²) in [6, 6.07) is 7.90. The molecule has 1 aliphatic carbocycles. The fourth-order valence-electron chi connectivity index (χ4n) is 1.62. The Morgan fingerprint density at radius 1 is 1.33 bits per heavy atom. The van der Waals surface area contributed by atoms with Crippen LogP contribution < -0.4 is 0 Å². The minimum absolute atomic E-state index is 0.639. The lowest BCUT2D eigenvalue weighted by atomic mass is 10.0. The Bertz CT molecular complexity index is 379. The van der Waals surface area contributed by atoms with Crippen molar-refractivity contribution in [3.63, 3.8) is 0 Å². The average Bonchev–Trinajstić information content (AvgIpc) is 3.05. The lowest BCUT2D eigenvalue weighted by Crippen LogP contribution is -1.91. The zero-order valence-electron chi connectivity index (χ0n) is 8.47. The molecule has 0 unspecified atom stereocenters. The fourth-order valence-corrected chi connectivity index (χ4v) is 2.30. The van der Waals surface area contributed by atoms with E-state index >= 15 is 0 Å². The molecule has 0 aliphatic heterocycles. The number of hydrogen-bond donors (Lipinski definition) is 0. The summed E-state index contributed by atoms with van der Waals surface area (Å²) in [5.74, 6) is 0.639. The summed E-state index contributed by atoms with van der Waals surface area (Å²) in [6.45, 7) is 0. The molecule has 0 radical (unpaired) electrons. The van der Waals surface area contributed by atoms with Gasteiger partial charge in [-0.05, 0) is 52.4 Å². The molecule has 1 saturated carbocycles. The second-order valence-corrected chi connectivity index (χ2v) is 4.83. The van der Waals surface area contributed by atoms with E-state index in [2.05, 4.69) is 15.9 Å². The van der Waals surface area contributed by atoms with Crippen molar-refractivity contribution in [3.8, 4) is 0 Å². The van der Waals surface area contributed by atoms with Gasteiger partial charge in [-0.2, -0.15) is 0 Å². The van der Waals surface area contributed by atoms with Crippen molar-refractivity contribution in [1.82, 2.24) is 0 Å². The van der Waals surface area contributed by atoms with Crippen LogP contribution in [0.2, 0.25) is 5.02 Å². The van der Waals surface area contributed by atoms with E-state index in [0.717, 1.165) is 9.69 Å². The molecule has 0 atom stereocenters. The van der Waals surface area contributed by atoms with Crippen molar-refractivity contribution in [1.29, 1.82) is 0 Å². The topological polar surface area (TPSA) is 9.23 Å². The first-order valence-electron chi connectivity index (χ1n) is 4.92. The van der Waals surface area contributed by atoms with Gasteiger partial charge in [-0.25, -0.2) is 0 Å². The van der Waals surface area contributed by atoms with Crippen LogP contribution in [0.25, 0.3) is 5.57 Å². The highest BCUT2D eigenvalue weighted by molar-refractivity contribution is 9.11. The van der Waals surface area contributed by atoms with Crippen molar-refractivity contribution in [2.24, 2.45) is 5.92 Å². The molecule has 1 aromatic carbocycles. The molecule has 2 rings (SSSR count). The van der Waals surface area contributed by atoms with Crippen molar-refractivity contribution in [2.75, 3.05) is 7.11 Å². The van der Waals surface area contributed by atoms with Gasteiger partial charge in [-0.15, -0.1) is 0 Å². The molecular formula is C12H12BrClO. The Morgan fingerprint density at radius 2 is 1.93 bits per heavy atom. The maximum absolute atomic E-state index is 5.87. The number of ether oxygens (including phenoxy) is 1. The largest absolute Gasteiger partial charge is 0.490 e. The molecule has 15 heavy (non-hydrogen) atoms. The highest BCUT2D eigenvalue weighted by Gasteiger charge is 2.29. The summed E-state index contributed by atoms with van der Waals surface area (Å²) in [6.07, 6.45) is 2.49. The number of rotatable bonds is 3. The van der Waals surface area contributed by atoms with E-state index in [1.54, 1.807) is 7.11 Å². The van der Waals surface area contributed by atoms with Crippen molar-refractivity contribution >= 4 is 33.1 Å². The molecule has 1 aliphatic rings. The molecule has 0 saturated heterocycles. The van der Waals surface area contributed by atoms with Crippen LogP contribution in [0, 0.1) is 5.92 Å².